The molecule has 0 amide bonds. The lowest BCUT2D eigenvalue weighted by molar-refractivity contribution is 0.00573. The molecule has 7 aromatic carbocycles. The van der Waals surface area contributed by atoms with E-state index in [4.69, 9.17) is 28.4 Å². The highest BCUT2D eigenvalue weighted by Gasteiger charge is 2.23. The van der Waals surface area contributed by atoms with E-state index in [9.17, 15) is 28.8 Å². The van der Waals surface area contributed by atoms with Crippen LogP contribution in [-0.2, 0) is 28.4 Å². The topological polar surface area (TPSA) is 158 Å². The second-order valence-electron chi connectivity index (χ2n) is 27.3. The first kappa shape index (κ1) is 67.0. The van der Waals surface area contributed by atoms with Crippen LogP contribution in [0.4, 0.5) is 0 Å². The van der Waals surface area contributed by atoms with Gasteiger partial charge in [-0.25, -0.2) is 28.8 Å². The van der Waals surface area contributed by atoms with Crippen molar-refractivity contribution in [3.05, 3.63) is 215 Å². The van der Waals surface area contributed by atoms with E-state index in [-0.39, 0.29) is 33.4 Å². The Morgan fingerprint density at radius 1 is 0.189 bits per heavy atom. The predicted molar refractivity (Wildman–Crippen MR) is 348 cm³/mol. The molecule has 12 nitrogen and oxygen atoms in total. The third-order valence-electron chi connectivity index (χ3n) is 11.5. The lowest BCUT2D eigenvalue weighted by Crippen LogP contribution is -2.23. The van der Waals surface area contributed by atoms with E-state index in [1.54, 1.807) is 234 Å². The van der Waals surface area contributed by atoms with Crippen LogP contribution in [0.5, 0.6) is 0 Å². The summed E-state index contributed by atoms with van der Waals surface area (Å²) in [6.45, 7) is 31.6. The Bertz CT molecular complexity index is 3430. The molecule has 0 aliphatic rings. The maximum absolute atomic E-state index is 13.8. The van der Waals surface area contributed by atoms with Gasteiger partial charge in [-0.05, 0) is 234 Å². The van der Waals surface area contributed by atoms with Gasteiger partial charge in [-0.1, -0.05) is 72.8 Å². The van der Waals surface area contributed by atoms with Crippen molar-refractivity contribution in [2.45, 2.75) is 158 Å². The molecular weight excluding hydrogens is 1130 g/mol. The number of hydrogen-bond acceptors (Lipinski definition) is 12. The van der Waals surface area contributed by atoms with Crippen LogP contribution in [0.15, 0.2) is 109 Å². The Labute approximate surface area is 528 Å². The summed E-state index contributed by atoms with van der Waals surface area (Å²) >= 11 is 0. The minimum Gasteiger partial charge on any atom is -0.456 e. The fourth-order valence-corrected chi connectivity index (χ4v) is 8.23. The number of esters is 6. The summed E-state index contributed by atoms with van der Waals surface area (Å²) in [5.41, 5.74) is -4.16. The molecule has 0 spiro atoms. The molecule has 7 rings (SSSR count). The molecule has 0 atom stereocenters. The average Bonchev–Trinajstić information content (AvgIpc) is 1.22. The van der Waals surface area contributed by atoms with E-state index in [2.05, 4.69) is 72.8 Å². The first-order chi connectivity index (χ1) is 41.6. The van der Waals surface area contributed by atoms with Crippen molar-refractivity contribution in [2.24, 2.45) is 0 Å². The molecule has 0 aliphatic carbocycles. The minimum absolute atomic E-state index is 0.157. The molecule has 0 saturated carbocycles. The third-order valence-corrected chi connectivity index (χ3v) is 11.5. The van der Waals surface area contributed by atoms with Gasteiger partial charge in [0.2, 0.25) is 0 Å². The lowest BCUT2D eigenvalue weighted by Gasteiger charge is -2.19. The van der Waals surface area contributed by atoms with Crippen molar-refractivity contribution in [3.63, 3.8) is 0 Å². The molecule has 7 aromatic rings. The highest BCUT2D eigenvalue weighted by atomic mass is 16.6. The molecule has 0 unspecified atom stereocenters. The molecule has 456 valence electrons. The largest absolute Gasteiger partial charge is 0.456 e. The molecule has 0 fully saturated rings. The van der Waals surface area contributed by atoms with Crippen LogP contribution in [0, 0.1) is 72.8 Å². The van der Waals surface area contributed by atoms with Crippen molar-refractivity contribution in [1.29, 1.82) is 0 Å². The molecule has 0 aliphatic heterocycles. The van der Waals surface area contributed by atoms with Gasteiger partial charge in [-0.15, -0.1) is 0 Å². The van der Waals surface area contributed by atoms with Gasteiger partial charge < -0.3 is 28.4 Å². The maximum atomic E-state index is 13.8. The van der Waals surface area contributed by atoms with Crippen LogP contribution in [0.1, 0.15) is 187 Å². The number of hydrogen-bond donors (Lipinski definition) is 0. The van der Waals surface area contributed by atoms with E-state index < -0.39 is 69.4 Å². The van der Waals surface area contributed by atoms with Crippen LogP contribution in [0.25, 0.3) is 64.6 Å². The number of ether oxygens (including phenoxy) is 6. The van der Waals surface area contributed by atoms with E-state index in [1.807, 2.05) is 0 Å². The third kappa shape index (κ3) is 21.4. The molecule has 12 bridgehead atoms. The van der Waals surface area contributed by atoms with Gasteiger partial charge in [0, 0.05) is 64.6 Å². The zero-order chi connectivity index (χ0) is 66.3. The van der Waals surface area contributed by atoms with Crippen molar-refractivity contribution >= 4 is 100 Å². The Hall–Kier alpha value is -10.5. The zero-order valence-corrected chi connectivity index (χ0v) is 54.3. The van der Waals surface area contributed by atoms with Gasteiger partial charge in [-0.3, -0.25) is 0 Å². The van der Waals surface area contributed by atoms with Gasteiger partial charge >= 0.3 is 35.8 Å². The highest BCUT2D eigenvalue weighted by molar-refractivity contribution is 5.98. The fraction of sp³-hybridized carbons (Fsp3) is 0.308. The number of benzene rings is 6. The molecule has 90 heavy (non-hydrogen) atoms. The summed E-state index contributed by atoms with van der Waals surface area (Å²) < 4.78 is 34.8. The summed E-state index contributed by atoms with van der Waals surface area (Å²) in [6.07, 6.45) is 0. The molecule has 0 aromatic heterocycles. The van der Waals surface area contributed by atoms with Crippen LogP contribution in [0.2, 0.25) is 0 Å². The van der Waals surface area contributed by atoms with E-state index in [0.717, 1.165) is 0 Å². The Kier molecular flexibility index (Phi) is 19.7. The minimum atomic E-state index is -0.850. The predicted octanol–water partition coefficient (Wildman–Crippen LogP) is 17.0. The zero-order valence-electron chi connectivity index (χ0n) is 54.3. The summed E-state index contributed by atoms with van der Waals surface area (Å²) in [5, 5.41) is 4.39. The quantitative estimate of drug-likeness (QED) is 0.115. The highest BCUT2D eigenvalue weighted by Crippen LogP contribution is 2.23. The summed E-state index contributed by atoms with van der Waals surface area (Å²) in [6, 6.07) is 66.9. The molecule has 0 radical (unpaired) electrons. The van der Waals surface area contributed by atoms with Crippen molar-refractivity contribution < 1.29 is 57.2 Å². The Balaban J connectivity index is 1.65. The van der Waals surface area contributed by atoms with Gasteiger partial charge in [0.1, 0.15) is 33.6 Å². The Morgan fingerprint density at radius 2 is 0.278 bits per heavy atom. The van der Waals surface area contributed by atoms with Crippen LogP contribution < -0.4 is 0 Å². The van der Waals surface area contributed by atoms with E-state index in [1.165, 1.54) is 0 Å². The van der Waals surface area contributed by atoms with Crippen molar-refractivity contribution in [3.8, 4) is 0 Å². The SMILES string of the molecule is CC(C)(C)OC(=O)c1cc2c#cc3cc(C(=O)OC(C)(C)C)cc(c#cc4cc(C(=O)OC(C)(C)C)cc(c#cc5cc(C(=O)OC(C)(C)C)cc(c#cc6cc(C(=O)OC(C)(C)C)cc(c#cc7cc(C(=O)OC(C)(C)C)cc(c#cc(c1)c2)c7)c6)c5)c4)c3. The molecule has 12 heteroatoms. The second-order valence-corrected chi connectivity index (χ2v) is 27.3. The second kappa shape index (κ2) is 26.5. The van der Waals surface area contributed by atoms with Crippen LogP contribution in [-0.4, -0.2) is 69.4 Å². The normalized spacial score (nSPS) is 11.4. The van der Waals surface area contributed by atoms with Gasteiger partial charge in [-0.2, -0.15) is 0 Å². The smallest absolute Gasteiger partial charge is 0.338 e. The van der Waals surface area contributed by atoms with Crippen LogP contribution >= 0.6 is 0 Å². The first-order valence-corrected chi connectivity index (χ1v) is 29.1. The lowest BCUT2D eigenvalue weighted by atomic mass is 10.1. The van der Waals surface area contributed by atoms with Crippen LogP contribution in [0.3, 0.4) is 0 Å². The fourth-order valence-electron chi connectivity index (χ4n) is 8.23. The molecule has 0 N–H and O–H groups in total. The molecule has 0 saturated heterocycles. The standard InChI is InChI=1S/C78H72O12/c1-73(2,3)85-67(79)61-37-49-19-21-51-32-53(41-62(39-51)68(80)86-74(4,5)6)23-25-55-34-57(45-64(43-55)70(82)88-76(10,11)12)27-29-59-36-60(48-66(47-59)72(84)90-78(16,17)18)30-28-58-35-56(44-65(46-58)71(83)89-77(13,14)15)26-24-54-33-52(22-20-50(31-49)38-61)40-63(42-54)69(81)87-75(7,8)9/h31-48H,1-18H3. The summed E-state index contributed by atoms with van der Waals surface area (Å²) in [4.78, 5) is 82.8. The maximum Gasteiger partial charge on any atom is 0.338 e. The van der Waals surface area contributed by atoms with Crippen molar-refractivity contribution in [1.82, 2.24) is 0 Å². The van der Waals surface area contributed by atoms with Crippen molar-refractivity contribution in [2.75, 3.05) is 0 Å². The monoisotopic (exact) mass is 1200 g/mol. The molecular formula is C78H72O12. The number of carbonyl (C=O) groups is 6. The summed E-state index contributed by atoms with van der Waals surface area (Å²) in [5.74, 6) is -3.77. The average molecular weight is 1200 g/mol. The Morgan fingerprint density at radius 3 is 0.356 bits per heavy atom. The summed E-state index contributed by atoms with van der Waals surface area (Å²) in [7, 11) is 0. The van der Waals surface area contributed by atoms with E-state index >= 15 is 0 Å². The number of fused-ring (bicyclic) bond motifs is 12. The number of carbonyl (C=O) groups excluding carboxylic acids is 6. The van der Waals surface area contributed by atoms with E-state index in [0.29, 0.717) is 64.6 Å². The first-order valence-electron chi connectivity index (χ1n) is 29.1. The van der Waals surface area contributed by atoms with Gasteiger partial charge in [0.25, 0.3) is 0 Å². The van der Waals surface area contributed by atoms with Gasteiger partial charge in [0.15, 0.2) is 0 Å². The number of rotatable bonds is 6. The molecule has 0 heterocycles. The van der Waals surface area contributed by atoms with Gasteiger partial charge in [0.05, 0.1) is 33.4 Å².